The lowest BCUT2D eigenvalue weighted by atomic mass is 10.1. The van der Waals surface area contributed by atoms with E-state index in [2.05, 4.69) is 64.9 Å². The molecule has 4 aromatic rings. The minimum absolute atomic E-state index is 0.377. The molecule has 0 atom stereocenters. The van der Waals surface area contributed by atoms with Gasteiger partial charge >= 0.3 is 0 Å². The van der Waals surface area contributed by atoms with Crippen LogP contribution in [0.15, 0.2) is 55.1 Å². The van der Waals surface area contributed by atoms with Crippen LogP contribution < -0.4 is 5.32 Å². The van der Waals surface area contributed by atoms with Gasteiger partial charge in [0.25, 0.3) is 0 Å². The van der Waals surface area contributed by atoms with Gasteiger partial charge in [0.2, 0.25) is 0 Å². The first-order valence-electron chi connectivity index (χ1n) is 8.21. The standard InChI is InChI=1S/C20H20N4/c1-13(2)23-20-14(3)4-5-16-11-22-19(10-17(16)20)24-9-7-15-6-8-21-12-18(15)24/h4-13,23H,1-3H3. The number of anilines is 1. The van der Waals surface area contributed by atoms with E-state index in [-0.39, 0.29) is 0 Å². The lowest BCUT2D eigenvalue weighted by Crippen LogP contribution is -2.11. The predicted molar refractivity (Wildman–Crippen MR) is 99.9 cm³/mol. The summed E-state index contributed by atoms with van der Waals surface area (Å²) in [6.07, 6.45) is 7.68. The second kappa shape index (κ2) is 5.64. The van der Waals surface area contributed by atoms with Crippen molar-refractivity contribution in [3.63, 3.8) is 0 Å². The van der Waals surface area contributed by atoms with E-state index < -0.39 is 0 Å². The van der Waals surface area contributed by atoms with Crippen LogP contribution in [0.3, 0.4) is 0 Å². The molecule has 0 saturated carbocycles. The maximum atomic E-state index is 4.66. The Morgan fingerprint density at radius 2 is 1.92 bits per heavy atom. The molecule has 0 saturated heterocycles. The molecular formula is C20H20N4. The summed E-state index contributed by atoms with van der Waals surface area (Å²) >= 11 is 0. The average Bonchev–Trinajstić information content (AvgIpc) is 3.01. The van der Waals surface area contributed by atoms with Crippen molar-refractivity contribution < 1.29 is 0 Å². The number of pyridine rings is 2. The number of aromatic nitrogens is 3. The number of benzene rings is 1. The molecule has 0 aliphatic carbocycles. The van der Waals surface area contributed by atoms with Gasteiger partial charge in [0, 0.05) is 46.5 Å². The van der Waals surface area contributed by atoms with E-state index in [0.717, 1.165) is 22.1 Å². The van der Waals surface area contributed by atoms with E-state index in [0.29, 0.717) is 6.04 Å². The summed E-state index contributed by atoms with van der Waals surface area (Å²) in [5.74, 6) is 0.905. The molecule has 0 radical (unpaired) electrons. The van der Waals surface area contributed by atoms with Crippen LogP contribution in [0.25, 0.3) is 27.5 Å². The van der Waals surface area contributed by atoms with Gasteiger partial charge in [-0.1, -0.05) is 12.1 Å². The summed E-state index contributed by atoms with van der Waals surface area (Å²) in [4.78, 5) is 8.90. The van der Waals surface area contributed by atoms with Crippen molar-refractivity contribution in [1.29, 1.82) is 0 Å². The zero-order valence-electron chi connectivity index (χ0n) is 14.1. The van der Waals surface area contributed by atoms with E-state index in [9.17, 15) is 0 Å². The molecule has 1 aromatic carbocycles. The number of aryl methyl sites for hydroxylation is 1. The zero-order chi connectivity index (χ0) is 16.7. The average molecular weight is 316 g/mol. The molecule has 3 aromatic heterocycles. The van der Waals surface area contributed by atoms with Crippen molar-refractivity contribution in [3.05, 3.63) is 60.7 Å². The Kier molecular flexibility index (Phi) is 3.45. The first kappa shape index (κ1) is 14.7. The van der Waals surface area contributed by atoms with Gasteiger partial charge in [-0.25, -0.2) is 4.98 Å². The van der Waals surface area contributed by atoms with Crippen molar-refractivity contribution in [2.24, 2.45) is 0 Å². The smallest absolute Gasteiger partial charge is 0.137 e. The minimum Gasteiger partial charge on any atom is -0.382 e. The number of hydrogen-bond donors (Lipinski definition) is 1. The fourth-order valence-corrected chi connectivity index (χ4v) is 3.10. The Morgan fingerprint density at radius 3 is 2.75 bits per heavy atom. The Morgan fingerprint density at radius 1 is 1.04 bits per heavy atom. The third-order valence-electron chi connectivity index (χ3n) is 4.27. The lowest BCUT2D eigenvalue weighted by Gasteiger charge is -2.16. The SMILES string of the molecule is Cc1ccc2cnc(-n3ccc4ccncc43)cc2c1NC(C)C. The highest BCUT2D eigenvalue weighted by Gasteiger charge is 2.10. The van der Waals surface area contributed by atoms with Gasteiger partial charge in [-0.05, 0) is 44.5 Å². The molecule has 0 aliphatic rings. The highest BCUT2D eigenvalue weighted by atomic mass is 15.1. The molecule has 0 aliphatic heterocycles. The third kappa shape index (κ3) is 2.40. The summed E-state index contributed by atoms with van der Waals surface area (Å²) in [6.45, 7) is 6.45. The van der Waals surface area contributed by atoms with E-state index in [4.69, 9.17) is 0 Å². The lowest BCUT2D eigenvalue weighted by molar-refractivity contribution is 0.899. The number of nitrogens with one attached hydrogen (secondary N) is 1. The van der Waals surface area contributed by atoms with Crippen molar-refractivity contribution in [1.82, 2.24) is 14.5 Å². The molecule has 24 heavy (non-hydrogen) atoms. The van der Waals surface area contributed by atoms with Gasteiger partial charge in [0.15, 0.2) is 0 Å². The first-order chi connectivity index (χ1) is 11.6. The zero-order valence-corrected chi connectivity index (χ0v) is 14.1. The van der Waals surface area contributed by atoms with Crippen molar-refractivity contribution in [2.75, 3.05) is 5.32 Å². The maximum Gasteiger partial charge on any atom is 0.137 e. The van der Waals surface area contributed by atoms with Crippen LogP contribution in [0.5, 0.6) is 0 Å². The maximum absolute atomic E-state index is 4.66. The number of rotatable bonds is 3. The number of hydrogen-bond acceptors (Lipinski definition) is 3. The molecule has 0 unspecified atom stereocenters. The molecule has 0 bridgehead atoms. The summed E-state index contributed by atoms with van der Waals surface area (Å²) in [5.41, 5.74) is 3.49. The molecule has 0 fully saturated rings. The van der Waals surface area contributed by atoms with E-state index in [1.807, 2.05) is 30.9 Å². The molecule has 0 amide bonds. The molecule has 4 nitrogen and oxygen atoms in total. The van der Waals surface area contributed by atoms with Gasteiger partial charge in [0.1, 0.15) is 5.82 Å². The molecule has 4 heteroatoms. The Bertz CT molecular complexity index is 1030. The van der Waals surface area contributed by atoms with Crippen LogP contribution >= 0.6 is 0 Å². The highest BCUT2D eigenvalue weighted by Crippen LogP contribution is 2.29. The van der Waals surface area contributed by atoms with E-state index in [1.165, 1.54) is 16.6 Å². The van der Waals surface area contributed by atoms with E-state index >= 15 is 0 Å². The fourth-order valence-electron chi connectivity index (χ4n) is 3.10. The van der Waals surface area contributed by atoms with Crippen LogP contribution in [-0.2, 0) is 0 Å². The monoisotopic (exact) mass is 316 g/mol. The molecule has 1 N–H and O–H groups in total. The summed E-state index contributed by atoms with van der Waals surface area (Å²) in [7, 11) is 0. The summed E-state index contributed by atoms with van der Waals surface area (Å²) in [6, 6.07) is 10.9. The summed E-state index contributed by atoms with van der Waals surface area (Å²) < 4.78 is 2.09. The van der Waals surface area contributed by atoms with Crippen molar-refractivity contribution >= 4 is 27.4 Å². The van der Waals surface area contributed by atoms with Gasteiger partial charge in [-0.3, -0.25) is 9.55 Å². The molecule has 0 spiro atoms. The van der Waals surface area contributed by atoms with Crippen LogP contribution in [0.2, 0.25) is 0 Å². The molecular weight excluding hydrogens is 296 g/mol. The second-order valence-electron chi connectivity index (χ2n) is 6.44. The quantitative estimate of drug-likeness (QED) is 0.595. The Hall–Kier alpha value is -2.88. The van der Waals surface area contributed by atoms with Gasteiger partial charge in [-0.2, -0.15) is 0 Å². The van der Waals surface area contributed by atoms with Crippen molar-refractivity contribution in [3.8, 4) is 5.82 Å². The van der Waals surface area contributed by atoms with Crippen LogP contribution in [-0.4, -0.2) is 20.6 Å². The number of nitrogens with zero attached hydrogens (tertiary/aromatic N) is 3. The minimum atomic E-state index is 0.377. The van der Waals surface area contributed by atoms with E-state index in [1.54, 1.807) is 0 Å². The largest absolute Gasteiger partial charge is 0.382 e. The van der Waals surface area contributed by atoms with Gasteiger partial charge in [-0.15, -0.1) is 0 Å². The Labute approximate surface area is 141 Å². The van der Waals surface area contributed by atoms with Gasteiger partial charge < -0.3 is 5.32 Å². The predicted octanol–water partition coefficient (Wildman–Crippen LogP) is 4.70. The molecule has 3 heterocycles. The van der Waals surface area contributed by atoms with Gasteiger partial charge in [0.05, 0.1) is 11.7 Å². The highest BCUT2D eigenvalue weighted by molar-refractivity contribution is 5.96. The van der Waals surface area contributed by atoms with Crippen molar-refractivity contribution in [2.45, 2.75) is 26.8 Å². The normalized spacial score (nSPS) is 11.5. The third-order valence-corrected chi connectivity index (χ3v) is 4.27. The number of fused-ring (bicyclic) bond motifs is 2. The topological polar surface area (TPSA) is 42.7 Å². The van der Waals surface area contributed by atoms with Crippen LogP contribution in [0.4, 0.5) is 5.69 Å². The Balaban J connectivity index is 1.94. The molecule has 4 rings (SSSR count). The van der Waals surface area contributed by atoms with Crippen LogP contribution in [0.1, 0.15) is 19.4 Å². The summed E-state index contributed by atoms with van der Waals surface area (Å²) in [5, 5.41) is 7.07. The first-order valence-corrected chi connectivity index (χ1v) is 8.21. The second-order valence-corrected chi connectivity index (χ2v) is 6.44. The fraction of sp³-hybridized carbons (Fsp3) is 0.200. The molecule has 120 valence electrons. The van der Waals surface area contributed by atoms with Crippen LogP contribution in [0, 0.1) is 6.92 Å².